The van der Waals surface area contributed by atoms with Crippen LogP contribution in [-0.2, 0) is 4.74 Å². The summed E-state index contributed by atoms with van der Waals surface area (Å²) in [6, 6.07) is 24.8. The molecule has 2 aromatic carbocycles. The summed E-state index contributed by atoms with van der Waals surface area (Å²) in [6.07, 6.45) is 1.78. The van der Waals surface area contributed by atoms with Gasteiger partial charge in [0.2, 0.25) is 0 Å². The molecular weight excluding hydrogens is 446 g/mol. The van der Waals surface area contributed by atoms with Crippen molar-refractivity contribution >= 4 is 29.0 Å². The number of anilines is 1. The molecule has 0 spiro atoms. The Morgan fingerprint density at radius 1 is 1.03 bits per heavy atom. The van der Waals surface area contributed by atoms with Gasteiger partial charge in [-0.05, 0) is 67.7 Å². The van der Waals surface area contributed by atoms with Gasteiger partial charge in [0, 0.05) is 17.4 Å². The number of pyridine rings is 1. The molecule has 0 amide bonds. The van der Waals surface area contributed by atoms with E-state index in [1.54, 1.807) is 18.3 Å². The lowest BCUT2D eigenvalue weighted by Gasteiger charge is -2.26. The number of furan rings is 1. The summed E-state index contributed by atoms with van der Waals surface area (Å²) >= 11 is 5.76. The van der Waals surface area contributed by atoms with Crippen molar-refractivity contribution in [3.8, 4) is 11.3 Å². The smallest absolute Gasteiger partial charge is 0.337 e. The van der Waals surface area contributed by atoms with E-state index >= 15 is 0 Å². The van der Waals surface area contributed by atoms with E-state index in [1.807, 2.05) is 42.5 Å². The van der Waals surface area contributed by atoms with Crippen LogP contribution in [0.4, 0.5) is 5.69 Å². The van der Waals surface area contributed by atoms with Gasteiger partial charge in [0.1, 0.15) is 17.6 Å². The third-order valence-electron chi connectivity index (χ3n) is 5.92. The van der Waals surface area contributed by atoms with Crippen LogP contribution < -0.4 is 10.2 Å². The molecule has 2 aromatic heterocycles. The normalized spacial score (nSPS) is 17.5. The van der Waals surface area contributed by atoms with Crippen LogP contribution in [0.1, 0.15) is 39.5 Å². The fourth-order valence-electron chi connectivity index (χ4n) is 4.18. The van der Waals surface area contributed by atoms with Gasteiger partial charge in [0.25, 0.3) is 0 Å². The molecule has 170 valence electrons. The number of esters is 1. The maximum atomic E-state index is 11.8. The monoisotopic (exact) mass is 469 g/mol. The Labute approximate surface area is 203 Å². The quantitative estimate of drug-likeness (QED) is 0.301. The van der Waals surface area contributed by atoms with Gasteiger partial charge in [-0.1, -0.05) is 35.9 Å². The molecule has 3 heterocycles. The Morgan fingerprint density at radius 3 is 2.47 bits per heavy atom. The van der Waals surface area contributed by atoms with Crippen molar-refractivity contribution in [2.75, 3.05) is 12.0 Å². The summed E-state index contributed by atoms with van der Waals surface area (Å²) in [6.45, 7) is 2.06. The highest BCUT2D eigenvalue weighted by molar-refractivity contribution is 7.80. The zero-order valence-corrected chi connectivity index (χ0v) is 19.6. The predicted molar refractivity (Wildman–Crippen MR) is 135 cm³/mol. The highest BCUT2D eigenvalue weighted by atomic mass is 32.1. The number of thiocarbonyl (C=S) groups is 1. The maximum absolute atomic E-state index is 11.8. The first kappa shape index (κ1) is 21.9. The molecule has 5 rings (SSSR count). The minimum absolute atomic E-state index is 0.185. The Morgan fingerprint density at radius 2 is 1.79 bits per heavy atom. The van der Waals surface area contributed by atoms with Crippen LogP contribution in [0.25, 0.3) is 11.3 Å². The van der Waals surface area contributed by atoms with Crippen LogP contribution in [0.5, 0.6) is 0 Å². The number of ether oxygens (including phenoxy) is 1. The van der Waals surface area contributed by atoms with Gasteiger partial charge in [-0.3, -0.25) is 4.98 Å². The molecule has 0 saturated carbocycles. The lowest BCUT2D eigenvalue weighted by molar-refractivity contribution is 0.0600. The van der Waals surface area contributed by atoms with E-state index in [0.717, 1.165) is 22.7 Å². The van der Waals surface area contributed by atoms with E-state index in [9.17, 15) is 4.79 Å². The molecule has 0 unspecified atom stereocenters. The van der Waals surface area contributed by atoms with E-state index in [-0.39, 0.29) is 18.1 Å². The summed E-state index contributed by atoms with van der Waals surface area (Å²) in [5, 5.41) is 4.06. The zero-order valence-electron chi connectivity index (χ0n) is 18.8. The molecule has 6 nitrogen and oxygen atoms in total. The molecular formula is C27H23N3O3S. The lowest BCUT2D eigenvalue weighted by atomic mass is 10.0. The zero-order chi connectivity index (χ0) is 23.7. The van der Waals surface area contributed by atoms with Gasteiger partial charge in [-0.25, -0.2) is 4.79 Å². The fourth-order valence-corrected chi connectivity index (χ4v) is 4.53. The van der Waals surface area contributed by atoms with E-state index in [2.05, 4.69) is 46.4 Å². The number of benzene rings is 2. The van der Waals surface area contributed by atoms with E-state index in [0.29, 0.717) is 16.4 Å². The summed E-state index contributed by atoms with van der Waals surface area (Å²) < 4.78 is 11.2. The van der Waals surface area contributed by atoms with Crippen LogP contribution in [-0.4, -0.2) is 23.2 Å². The molecule has 4 aromatic rings. The average Bonchev–Trinajstić information content (AvgIpc) is 3.49. The van der Waals surface area contributed by atoms with Crippen LogP contribution in [0.2, 0.25) is 0 Å². The number of carbonyl (C=O) groups excluding carboxylic acids is 1. The minimum atomic E-state index is -0.371. The number of nitrogens with zero attached hydrogens (tertiary/aromatic N) is 2. The number of nitrogens with one attached hydrogen (secondary N) is 1. The Bertz CT molecular complexity index is 1320. The molecule has 7 heteroatoms. The summed E-state index contributed by atoms with van der Waals surface area (Å²) in [5.74, 6) is 1.09. The lowest BCUT2D eigenvalue weighted by Crippen LogP contribution is -2.29. The largest absolute Gasteiger partial charge is 0.465 e. The number of methoxy groups -OCH3 is 1. The van der Waals surface area contributed by atoms with Crippen molar-refractivity contribution in [3.63, 3.8) is 0 Å². The SMILES string of the molecule is COC(=O)c1ccc(-c2ccc([C@H]3[C@@H](c4ccccn4)NC(=S)N3c3ccc(C)cc3)o2)cc1. The second-order valence-electron chi connectivity index (χ2n) is 8.10. The topological polar surface area (TPSA) is 67.6 Å². The van der Waals surface area contributed by atoms with Gasteiger partial charge in [0.15, 0.2) is 5.11 Å². The van der Waals surface area contributed by atoms with Crippen LogP contribution in [0.15, 0.2) is 89.5 Å². The molecule has 1 aliphatic heterocycles. The Hall–Kier alpha value is -3.97. The molecule has 0 radical (unpaired) electrons. The molecule has 0 aliphatic carbocycles. The first-order valence-corrected chi connectivity index (χ1v) is 11.3. The minimum Gasteiger partial charge on any atom is -0.465 e. The third-order valence-corrected chi connectivity index (χ3v) is 6.23. The Kier molecular flexibility index (Phi) is 5.86. The second kappa shape index (κ2) is 9.11. The van der Waals surface area contributed by atoms with Gasteiger partial charge in [-0.2, -0.15) is 0 Å². The second-order valence-corrected chi connectivity index (χ2v) is 8.49. The van der Waals surface area contributed by atoms with Crippen molar-refractivity contribution in [1.29, 1.82) is 0 Å². The number of rotatable bonds is 5. The number of aromatic nitrogens is 1. The van der Waals surface area contributed by atoms with Crippen molar-refractivity contribution in [2.24, 2.45) is 0 Å². The molecule has 1 fully saturated rings. The molecule has 1 aliphatic rings. The van der Waals surface area contributed by atoms with E-state index in [1.165, 1.54) is 12.7 Å². The maximum Gasteiger partial charge on any atom is 0.337 e. The number of hydrogen-bond donors (Lipinski definition) is 1. The van der Waals surface area contributed by atoms with Gasteiger partial charge in [0.05, 0.1) is 24.4 Å². The van der Waals surface area contributed by atoms with Gasteiger partial charge < -0.3 is 19.4 Å². The molecule has 0 bridgehead atoms. The van der Waals surface area contributed by atoms with Gasteiger partial charge >= 0.3 is 5.97 Å². The summed E-state index contributed by atoms with van der Waals surface area (Å²) in [7, 11) is 1.37. The molecule has 1 N–H and O–H groups in total. The van der Waals surface area contributed by atoms with Crippen molar-refractivity contribution in [3.05, 3.63) is 108 Å². The van der Waals surface area contributed by atoms with Crippen molar-refractivity contribution in [2.45, 2.75) is 19.0 Å². The Balaban J connectivity index is 1.54. The first-order valence-electron chi connectivity index (χ1n) is 10.9. The summed E-state index contributed by atoms with van der Waals surface area (Å²) in [5.41, 5.74) is 4.39. The molecule has 34 heavy (non-hydrogen) atoms. The van der Waals surface area contributed by atoms with Crippen LogP contribution >= 0.6 is 12.2 Å². The van der Waals surface area contributed by atoms with E-state index < -0.39 is 0 Å². The number of carbonyl (C=O) groups is 1. The highest BCUT2D eigenvalue weighted by Gasteiger charge is 2.42. The number of hydrogen-bond acceptors (Lipinski definition) is 5. The van der Waals surface area contributed by atoms with Crippen molar-refractivity contribution < 1.29 is 13.9 Å². The molecule has 2 atom stereocenters. The van der Waals surface area contributed by atoms with Gasteiger partial charge in [-0.15, -0.1) is 0 Å². The number of aryl methyl sites for hydroxylation is 1. The van der Waals surface area contributed by atoms with Crippen LogP contribution in [0, 0.1) is 6.92 Å². The first-order chi connectivity index (χ1) is 16.5. The highest BCUT2D eigenvalue weighted by Crippen LogP contribution is 2.42. The predicted octanol–water partition coefficient (Wildman–Crippen LogP) is 5.61. The molecule has 1 saturated heterocycles. The average molecular weight is 470 g/mol. The standard InChI is InChI=1S/C27H23N3O3S/c1-17-6-12-20(13-7-17)30-25(24(29-27(30)34)21-5-3-4-16-28-21)23-15-14-22(33-23)18-8-10-19(11-9-18)26(31)32-2/h3-16,24-25H,1-2H3,(H,29,34)/t24-,25+/m1/s1. The van der Waals surface area contributed by atoms with Crippen molar-refractivity contribution in [1.82, 2.24) is 10.3 Å². The third kappa shape index (κ3) is 4.06. The van der Waals surface area contributed by atoms with Crippen LogP contribution in [0.3, 0.4) is 0 Å². The summed E-state index contributed by atoms with van der Waals surface area (Å²) in [4.78, 5) is 18.4. The fraction of sp³-hybridized carbons (Fsp3) is 0.148. The van der Waals surface area contributed by atoms with E-state index in [4.69, 9.17) is 21.4 Å².